The molecule has 0 atom stereocenters. The van der Waals surface area contributed by atoms with Crippen molar-refractivity contribution >= 4 is 17.6 Å². The molecule has 0 radical (unpaired) electrons. The van der Waals surface area contributed by atoms with E-state index in [-0.39, 0.29) is 24.0 Å². The standard InChI is InChI=1S/C18H24FN3O3/c1-2-22-16(23)7-10-21(13-18(22)8-11-25-12-9-18)17(24)20-15-6-4-3-5-14(15)19/h3-6H,2,7-13H2,1H3,(H,20,24). The number of carbonyl (C=O) groups is 2. The molecule has 3 rings (SSSR count). The fourth-order valence-corrected chi connectivity index (χ4v) is 3.77. The van der Waals surface area contributed by atoms with Gasteiger partial charge in [-0.15, -0.1) is 0 Å². The minimum Gasteiger partial charge on any atom is -0.381 e. The summed E-state index contributed by atoms with van der Waals surface area (Å²) < 4.78 is 19.3. The van der Waals surface area contributed by atoms with Gasteiger partial charge in [0.2, 0.25) is 5.91 Å². The Hall–Kier alpha value is -2.15. The molecule has 0 aliphatic carbocycles. The second-order valence-electron chi connectivity index (χ2n) is 6.56. The first-order valence-corrected chi connectivity index (χ1v) is 8.74. The smallest absolute Gasteiger partial charge is 0.322 e. The van der Waals surface area contributed by atoms with E-state index in [0.29, 0.717) is 45.7 Å². The lowest BCUT2D eigenvalue weighted by molar-refractivity contribution is -0.139. The third-order valence-electron chi connectivity index (χ3n) is 5.10. The highest BCUT2D eigenvalue weighted by atomic mass is 19.1. The second kappa shape index (κ2) is 7.39. The second-order valence-corrected chi connectivity index (χ2v) is 6.56. The van der Waals surface area contributed by atoms with Crippen LogP contribution in [0.4, 0.5) is 14.9 Å². The number of anilines is 1. The van der Waals surface area contributed by atoms with E-state index in [1.165, 1.54) is 12.1 Å². The van der Waals surface area contributed by atoms with E-state index in [9.17, 15) is 14.0 Å². The van der Waals surface area contributed by atoms with E-state index in [0.717, 1.165) is 0 Å². The number of nitrogens with zero attached hydrogens (tertiary/aromatic N) is 2. The highest BCUT2D eigenvalue weighted by Crippen LogP contribution is 2.32. The average Bonchev–Trinajstić information content (AvgIpc) is 2.74. The number of para-hydroxylation sites is 1. The minimum absolute atomic E-state index is 0.0607. The first kappa shape index (κ1) is 17.7. The van der Waals surface area contributed by atoms with Gasteiger partial charge in [-0.25, -0.2) is 9.18 Å². The van der Waals surface area contributed by atoms with Gasteiger partial charge in [-0.1, -0.05) is 12.1 Å². The Labute approximate surface area is 146 Å². The molecule has 0 bridgehead atoms. The van der Waals surface area contributed by atoms with Gasteiger partial charge in [-0.05, 0) is 31.9 Å². The van der Waals surface area contributed by atoms with Gasteiger partial charge in [0.15, 0.2) is 0 Å². The topological polar surface area (TPSA) is 61.9 Å². The number of hydrogen-bond acceptors (Lipinski definition) is 3. The van der Waals surface area contributed by atoms with E-state index in [1.54, 1.807) is 17.0 Å². The SMILES string of the molecule is CCN1C(=O)CCN(C(=O)Nc2ccccc2F)CC12CCOCC2. The van der Waals surface area contributed by atoms with Gasteiger partial charge < -0.3 is 19.9 Å². The molecule has 2 aliphatic rings. The van der Waals surface area contributed by atoms with Gasteiger partial charge >= 0.3 is 6.03 Å². The van der Waals surface area contributed by atoms with Crippen LogP contribution in [0, 0.1) is 5.82 Å². The quantitative estimate of drug-likeness (QED) is 0.892. The van der Waals surface area contributed by atoms with Crippen LogP contribution in [0.25, 0.3) is 0 Å². The lowest BCUT2D eigenvalue weighted by Crippen LogP contribution is -2.59. The molecule has 0 aromatic heterocycles. The summed E-state index contributed by atoms with van der Waals surface area (Å²) >= 11 is 0. The van der Waals surface area contributed by atoms with E-state index >= 15 is 0 Å². The molecule has 2 heterocycles. The number of amides is 3. The highest BCUT2D eigenvalue weighted by Gasteiger charge is 2.44. The number of carbonyl (C=O) groups excluding carboxylic acids is 2. The van der Waals surface area contributed by atoms with Crippen molar-refractivity contribution in [3.8, 4) is 0 Å². The Morgan fingerprint density at radius 1 is 1.32 bits per heavy atom. The zero-order valence-corrected chi connectivity index (χ0v) is 14.5. The molecule has 25 heavy (non-hydrogen) atoms. The van der Waals surface area contributed by atoms with Crippen molar-refractivity contribution < 1.29 is 18.7 Å². The molecule has 1 aromatic rings. The summed E-state index contributed by atoms with van der Waals surface area (Å²) in [6.45, 7) is 4.50. The molecular formula is C18H24FN3O3. The van der Waals surface area contributed by atoms with Gasteiger partial charge in [-0.2, -0.15) is 0 Å². The van der Waals surface area contributed by atoms with E-state index < -0.39 is 11.4 Å². The number of ether oxygens (including phenoxy) is 1. The number of likely N-dealkylation sites (N-methyl/N-ethyl adjacent to an activating group) is 1. The van der Waals surface area contributed by atoms with Crippen LogP contribution in [0.2, 0.25) is 0 Å². The molecular weight excluding hydrogens is 325 g/mol. The predicted octanol–water partition coefficient (Wildman–Crippen LogP) is 2.46. The zero-order chi connectivity index (χ0) is 17.9. The van der Waals surface area contributed by atoms with Gasteiger partial charge in [-0.3, -0.25) is 4.79 Å². The molecule has 2 fully saturated rings. The first-order chi connectivity index (χ1) is 12.1. The van der Waals surface area contributed by atoms with Crippen molar-refractivity contribution in [1.29, 1.82) is 0 Å². The Bertz CT molecular complexity index is 646. The minimum atomic E-state index is -0.474. The van der Waals surface area contributed by atoms with Crippen LogP contribution < -0.4 is 5.32 Å². The Morgan fingerprint density at radius 3 is 2.72 bits per heavy atom. The molecule has 0 unspecified atom stereocenters. The number of urea groups is 1. The van der Waals surface area contributed by atoms with Crippen molar-refractivity contribution in [3.05, 3.63) is 30.1 Å². The lowest BCUT2D eigenvalue weighted by atomic mass is 9.87. The van der Waals surface area contributed by atoms with E-state index in [4.69, 9.17) is 4.74 Å². The Balaban J connectivity index is 1.80. The molecule has 1 aromatic carbocycles. The van der Waals surface area contributed by atoms with Crippen LogP contribution in [-0.2, 0) is 9.53 Å². The summed E-state index contributed by atoms with van der Waals surface area (Å²) in [4.78, 5) is 28.8. The lowest BCUT2D eigenvalue weighted by Gasteiger charge is -2.46. The van der Waals surface area contributed by atoms with E-state index in [1.807, 2.05) is 11.8 Å². The molecule has 1 spiro atoms. The Kier molecular flexibility index (Phi) is 5.22. The van der Waals surface area contributed by atoms with Crippen molar-refractivity contribution in [2.75, 3.05) is 38.2 Å². The summed E-state index contributed by atoms with van der Waals surface area (Å²) in [6, 6.07) is 5.70. The molecule has 2 saturated heterocycles. The number of rotatable bonds is 2. The van der Waals surface area contributed by atoms with Gasteiger partial charge in [0.25, 0.3) is 0 Å². The maximum Gasteiger partial charge on any atom is 0.322 e. The predicted molar refractivity (Wildman–Crippen MR) is 91.8 cm³/mol. The highest BCUT2D eigenvalue weighted by molar-refractivity contribution is 5.90. The molecule has 7 heteroatoms. The third-order valence-corrected chi connectivity index (χ3v) is 5.10. The van der Waals surface area contributed by atoms with Gasteiger partial charge in [0.05, 0.1) is 11.2 Å². The number of hydrogen-bond donors (Lipinski definition) is 1. The molecule has 0 saturated carbocycles. The van der Waals surface area contributed by atoms with Crippen molar-refractivity contribution in [2.45, 2.75) is 31.7 Å². The summed E-state index contributed by atoms with van der Waals surface area (Å²) in [6.07, 6.45) is 1.69. The fourth-order valence-electron chi connectivity index (χ4n) is 3.77. The monoisotopic (exact) mass is 349 g/mol. The molecule has 3 amide bonds. The van der Waals surface area contributed by atoms with Crippen LogP contribution in [0.15, 0.2) is 24.3 Å². The number of halogens is 1. The number of nitrogens with one attached hydrogen (secondary N) is 1. The maximum atomic E-state index is 13.8. The normalized spacial score (nSPS) is 20.5. The van der Waals surface area contributed by atoms with Gasteiger partial charge in [0, 0.05) is 39.3 Å². The maximum absolute atomic E-state index is 13.8. The average molecular weight is 349 g/mol. The van der Waals surface area contributed by atoms with Crippen molar-refractivity contribution in [3.63, 3.8) is 0 Å². The van der Waals surface area contributed by atoms with Gasteiger partial charge in [0.1, 0.15) is 5.82 Å². The molecule has 136 valence electrons. The van der Waals surface area contributed by atoms with Crippen molar-refractivity contribution in [1.82, 2.24) is 9.80 Å². The van der Waals surface area contributed by atoms with Crippen LogP contribution in [0.5, 0.6) is 0 Å². The summed E-state index contributed by atoms with van der Waals surface area (Å²) in [5.41, 5.74) is -0.246. The number of benzene rings is 1. The largest absolute Gasteiger partial charge is 0.381 e. The van der Waals surface area contributed by atoms with Crippen molar-refractivity contribution in [2.24, 2.45) is 0 Å². The third kappa shape index (κ3) is 3.61. The zero-order valence-electron chi connectivity index (χ0n) is 14.5. The van der Waals surface area contributed by atoms with Crippen LogP contribution in [0.1, 0.15) is 26.2 Å². The summed E-state index contributed by atoms with van der Waals surface area (Å²) in [5.74, 6) is -0.414. The molecule has 1 N–H and O–H groups in total. The molecule has 2 aliphatic heterocycles. The van der Waals surface area contributed by atoms with Crippen LogP contribution >= 0.6 is 0 Å². The molecule has 6 nitrogen and oxygen atoms in total. The van der Waals surface area contributed by atoms with Crippen LogP contribution in [0.3, 0.4) is 0 Å². The fraction of sp³-hybridized carbons (Fsp3) is 0.556. The first-order valence-electron chi connectivity index (χ1n) is 8.74. The Morgan fingerprint density at radius 2 is 2.04 bits per heavy atom. The summed E-state index contributed by atoms with van der Waals surface area (Å²) in [5, 5.41) is 2.63. The van der Waals surface area contributed by atoms with Crippen LogP contribution in [-0.4, -0.2) is 60.1 Å². The summed E-state index contributed by atoms with van der Waals surface area (Å²) in [7, 11) is 0. The van der Waals surface area contributed by atoms with E-state index in [2.05, 4.69) is 5.32 Å².